The lowest BCUT2D eigenvalue weighted by Gasteiger charge is -2.06. The molecule has 0 radical (unpaired) electrons. The summed E-state index contributed by atoms with van der Waals surface area (Å²) in [6, 6.07) is 5.48. The molecule has 1 aromatic carbocycles. The second kappa shape index (κ2) is 6.72. The molecule has 0 saturated carbocycles. The van der Waals surface area contributed by atoms with Crippen LogP contribution in [0.5, 0.6) is 5.75 Å². The molecular weight excluding hydrogens is 276 g/mol. The fraction of sp³-hybridized carbons (Fsp3) is 0.375. The third-order valence-electron chi connectivity index (χ3n) is 3.04. The van der Waals surface area contributed by atoms with Crippen LogP contribution in [0.1, 0.15) is 30.9 Å². The first-order chi connectivity index (χ1) is 9.95. The van der Waals surface area contributed by atoms with Gasteiger partial charge in [-0.3, -0.25) is 0 Å². The number of aryl methyl sites for hydroxylation is 1. The Morgan fingerprint density at radius 2 is 2.00 bits per heavy atom. The number of rotatable bonds is 6. The number of hydrogen-bond acceptors (Lipinski definition) is 3. The predicted octanol–water partition coefficient (Wildman–Crippen LogP) is 3.94. The van der Waals surface area contributed by atoms with Gasteiger partial charge in [-0.15, -0.1) is 0 Å². The summed E-state index contributed by atoms with van der Waals surface area (Å²) in [6.07, 6.45) is 0. The SMILES string of the molecule is Cc1oc(COc2ccc(F)cc2F)cc1CNC(C)C. The van der Waals surface area contributed by atoms with Crippen molar-refractivity contribution >= 4 is 0 Å². The van der Waals surface area contributed by atoms with Crippen molar-refractivity contribution in [2.24, 2.45) is 0 Å². The fourth-order valence-electron chi connectivity index (χ4n) is 1.89. The number of benzene rings is 1. The fourth-order valence-corrected chi connectivity index (χ4v) is 1.89. The van der Waals surface area contributed by atoms with Crippen molar-refractivity contribution in [3.05, 3.63) is 53.0 Å². The van der Waals surface area contributed by atoms with E-state index in [2.05, 4.69) is 19.2 Å². The summed E-state index contributed by atoms with van der Waals surface area (Å²) < 4.78 is 37.1. The Balaban J connectivity index is 1.98. The Morgan fingerprint density at radius 3 is 2.67 bits per heavy atom. The summed E-state index contributed by atoms with van der Waals surface area (Å²) in [5.41, 5.74) is 1.04. The lowest BCUT2D eigenvalue weighted by atomic mass is 10.2. The number of hydrogen-bond donors (Lipinski definition) is 1. The number of halogens is 2. The van der Waals surface area contributed by atoms with Gasteiger partial charge in [0.2, 0.25) is 0 Å². The first-order valence-corrected chi connectivity index (χ1v) is 6.85. The van der Waals surface area contributed by atoms with Gasteiger partial charge in [-0.05, 0) is 25.1 Å². The van der Waals surface area contributed by atoms with Gasteiger partial charge in [-0.25, -0.2) is 8.78 Å². The van der Waals surface area contributed by atoms with E-state index in [1.54, 1.807) is 0 Å². The van der Waals surface area contributed by atoms with E-state index in [0.29, 0.717) is 18.3 Å². The highest BCUT2D eigenvalue weighted by Gasteiger charge is 2.10. The molecule has 0 unspecified atom stereocenters. The molecule has 0 aliphatic carbocycles. The number of nitrogens with one attached hydrogen (secondary N) is 1. The van der Waals surface area contributed by atoms with Crippen LogP contribution in [0.3, 0.4) is 0 Å². The van der Waals surface area contributed by atoms with E-state index in [1.807, 2.05) is 13.0 Å². The highest BCUT2D eigenvalue weighted by Crippen LogP contribution is 2.21. The predicted molar refractivity (Wildman–Crippen MR) is 76.1 cm³/mol. The minimum Gasteiger partial charge on any atom is -0.483 e. The molecule has 0 saturated heterocycles. The van der Waals surface area contributed by atoms with Crippen LogP contribution in [0, 0.1) is 18.6 Å². The summed E-state index contributed by atoms with van der Waals surface area (Å²) in [5.74, 6) is 0.0705. The zero-order valence-corrected chi connectivity index (χ0v) is 12.4. The Hall–Kier alpha value is -1.88. The molecule has 0 atom stereocenters. The summed E-state index contributed by atoms with van der Waals surface area (Å²) in [5, 5.41) is 3.30. The van der Waals surface area contributed by atoms with Gasteiger partial charge in [-0.2, -0.15) is 0 Å². The van der Waals surface area contributed by atoms with Crippen molar-refractivity contribution in [1.82, 2.24) is 5.32 Å². The van der Waals surface area contributed by atoms with Crippen LogP contribution < -0.4 is 10.1 Å². The van der Waals surface area contributed by atoms with Crippen molar-refractivity contribution in [2.75, 3.05) is 0 Å². The van der Waals surface area contributed by atoms with Crippen LogP contribution in [0.25, 0.3) is 0 Å². The maximum absolute atomic E-state index is 13.4. The molecule has 0 spiro atoms. The van der Waals surface area contributed by atoms with E-state index in [9.17, 15) is 8.78 Å². The Kier molecular flexibility index (Phi) is 4.96. The first kappa shape index (κ1) is 15.5. The molecule has 1 heterocycles. The highest BCUT2D eigenvalue weighted by atomic mass is 19.1. The van der Waals surface area contributed by atoms with Gasteiger partial charge in [0.1, 0.15) is 23.9 Å². The zero-order valence-electron chi connectivity index (χ0n) is 12.4. The molecule has 2 rings (SSSR count). The number of furan rings is 1. The molecule has 3 nitrogen and oxygen atoms in total. The van der Waals surface area contributed by atoms with Gasteiger partial charge in [-0.1, -0.05) is 13.8 Å². The molecule has 0 fully saturated rings. The topological polar surface area (TPSA) is 34.4 Å². The smallest absolute Gasteiger partial charge is 0.167 e. The molecule has 0 bridgehead atoms. The molecule has 1 N–H and O–H groups in total. The lowest BCUT2D eigenvalue weighted by Crippen LogP contribution is -2.21. The average molecular weight is 295 g/mol. The second-order valence-electron chi connectivity index (χ2n) is 5.19. The quantitative estimate of drug-likeness (QED) is 0.876. The van der Waals surface area contributed by atoms with Crippen LogP contribution in [0.2, 0.25) is 0 Å². The van der Waals surface area contributed by atoms with Crippen LogP contribution in [0.15, 0.2) is 28.7 Å². The minimum atomic E-state index is -0.722. The molecular formula is C16H19F2NO2. The second-order valence-corrected chi connectivity index (χ2v) is 5.19. The maximum atomic E-state index is 13.4. The third-order valence-corrected chi connectivity index (χ3v) is 3.04. The summed E-state index contributed by atoms with van der Waals surface area (Å²) in [7, 11) is 0. The molecule has 21 heavy (non-hydrogen) atoms. The third kappa shape index (κ3) is 4.29. The van der Waals surface area contributed by atoms with Crippen LogP contribution in [0.4, 0.5) is 8.78 Å². The van der Waals surface area contributed by atoms with Crippen LogP contribution in [-0.2, 0) is 13.2 Å². The molecule has 2 aromatic rings. The molecule has 0 aliphatic heterocycles. The van der Waals surface area contributed by atoms with Crippen LogP contribution in [-0.4, -0.2) is 6.04 Å². The minimum absolute atomic E-state index is 0.00677. The van der Waals surface area contributed by atoms with Gasteiger partial charge in [0.05, 0.1) is 0 Å². The standard InChI is InChI=1S/C16H19F2NO2/c1-10(2)19-8-12-6-14(21-11(12)3)9-20-16-5-4-13(17)7-15(16)18/h4-7,10,19H,8-9H2,1-3H3. The normalized spacial score (nSPS) is 11.1. The molecule has 0 amide bonds. The summed E-state index contributed by atoms with van der Waals surface area (Å²) >= 11 is 0. The monoisotopic (exact) mass is 295 g/mol. The van der Waals surface area contributed by atoms with E-state index in [1.165, 1.54) is 6.07 Å². The van der Waals surface area contributed by atoms with E-state index in [4.69, 9.17) is 9.15 Å². The van der Waals surface area contributed by atoms with Crippen molar-refractivity contribution in [2.45, 2.75) is 40.0 Å². The van der Waals surface area contributed by atoms with Crippen molar-refractivity contribution in [1.29, 1.82) is 0 Å². The van der Waals surface area contributed by atoms with Gasteiger partial charge in [0.25, 0.3) is 0 Å². The van der Waals surface area contributed by atoms with Crippen LogP contribution >= 0.6 is 0 Å². The van der Waals surface area contributed by atoms with Crippen molar-refractivity contribution < 1.29 is 17.9 Å². The summed E-state index contributed by atoms with van der Waals surface area (Å²) in [4.78, 5) is 0. The van der Waals surface area contributed by atoms with Gasteiger partial charge >= 0.3 is 0 Å². The molecule has 0 aliphatic rings. The summed E-state index contributed by atoms with van der Waals surface area (Å²) in [6.45, 7) is 6.82. The first-order valence-electron chi connectivity index (χ1n) is 6.85. The lowest BCUT2D eigenvalue weighted by molar-refractivity contribution is 0.255. The molecule has 114 valence electrons. The van der Waals surface area contributed by atoms with Crippen molar-refractivity contribution in [3.8, 4) is 5.75 Å². The van der Waals surface area contributed by atoms with E-state index < -0.39 is 11.6 Å². The van der Waals surface area contributed by atoms with E-state index >= 15 is 0 Å². The molecule has 5 heteroatoms. The zero-order chi connectivity index (χ0) is 15.4. The van der Waals surface area contributed by atoms with E-state index in [-0.39, 0.29) is 12.4 Å². The van der Waals surface area contributed by atoms with Gasteiger partial charge in [0.15, 0.2) is 11.6 Å². The van der Waals surface area contributed by atoms with Crippen molar-refractivity contribution in [3.63, 3.8) is 0 Å². The van der Waals surface area contributed by atoms with Gasteiger partial charge in [0, 0.05) is 24.2 Å². The Labute approximate surface area is 122 Å². The number of ether oxygens (including phenoxy) is 1. The highest BCUT2D eigenvalue weighted by molar-refractivity contribution is 5.25. The largest absolute Gasteiger partial charge is 0.483 e. The van der Waals surface area contributed by atoms with E-state index in [0.717, 1.165) is 23.5 Å². The average Bonchev–Trinajstić information content (AvgIpc) is 2.76. The molecule has 1 aromatic heterocycles. The Morgan fingerprint density at radius 1 is 1.24 bits per heavy atom. The maximum Gasteiger partial charge on any atom is 0.167 e. The Bertz CT molecular complexity index is 608. The van der Waals surface area contributed by atoms with Gasteiger partial charge < -0.3 is 14.5 Å².